The first-order chi connectivity index (χ1) is 8.51. The highest BCUT2D eigenvalue weighted by molar-refractivity contribution is 5.57. The van der Waals surface area contributed by atoms with Crippen LogP contribution in [0.15, 0.2) is 12.1 Å². The van der Waals surface area contributed by atoms with Gasteiger partial charge in [-0.25, -0.2) is 4.39 Å². The molecule has 18 heavy (non-hydrogen) atoms. The van der Waals surface area contributed by atoms with Crippen LogP contribution >= 0.6 is 0 Å². The Bertz CT molecular complexity index is 382. The van der Waals surface area contributed by atoms with Crippen LogP contribution in [0.5, 0.6) is 0 Å². The van der Waals surface area contributed by atoms with Crippen molar-refractivity contribution in [2.45, 2.75) is 46.6 Å². The van der Waals surface area contributed by atoms with Crippen molar-refractivity contribution in [3.8, 4) is 0 Å². The molecule has 0 amide bonds. The number of nitrogens with two attached hydrogens (primary N) is 1. The zero-order valence-corrected chi connectivity index (χ0v) is 12.0. The molecule has 0 radical (unpaired) electrons. The van der Waals surface area contributed by atoms with Gasteiger partial charge in [0.15, 0.2) is 0 Å². The van der Waals surface area contributed by atoms with Crippen molar-refractivity contribution >= 4 is 5.69 Å². The van der Waals surface area contributed by atoms with Crippen molar-refractivity contribution in [1.82, 2.24) is 0 Å². The minimum absolute atomic E-state index is 0.147. The van der Waals surface area contributed by atoms with Crippen LogP contribution in [0.4, 0.5) is 10.1 Å². The Balaban J connectivity index is 3.21. The molecule has 0 aliphatic rings. The molecular formula is C15H25FN2. The number of hydrogen-bond acceptors (Lipinski definition) is 2. The molecule has 3 heteroatoms. The highest BCUT2D eigenvalue weighted by Gasteiger charge is 2.15. The van der Waals surface area contributed by atoms with Crippen molar-refractivity contribution in [3.63, 3.8) is 0 Å². The second-order valence-electron chi connectivity index (χ2n) is 4.94. The Kier molecular flexibility index (Phi) is 5.60. The number of halogens is 1. The molecule has 2 nitrogen and oxygen atoms in total. The van der Waals surface area contributed by atoms with E-state index in [1.165, 1.54) is 0 Å². The van der Waals surface area contributed by atoms with Gasteiger partial charge in [-0.05, 0) is 49.9 Å². The maximum absolute atomic E-state index is 13.7. The number of nitrogens with zero attached hydrogens (tertiary/aromatic N) is 1. The van der Waals surface area contributed by atoms with Gasteiger partial charge in [0.25, 0.3) is 0 Å². The third kappa shape index (κ3) is 3.45. The predicted molar refractivity (Wildman–Crippen MR) is 76.5 cm³/mol. The minimum atomic E-state index is -0.168. The molecule has 0 saturated heterocycles. The number of aryl methyl sites for hydroxylation is 1. The average molecular weight is 252 g/mol. The number of hydrogen-bond donors (Lipinski definition) is 1. The topological polar surface area (TPSA) is 29.3 Å². The zero-order valence-electron chi connectivity index (χ0n) is 12.0. The molecule has 1 atom stereocenters. The summed E-state index contributed by atoms with van der Waals surface area (Å²) in [6.45, 7) is 10.00. The Morgan fingerprint density at radius 2 is 1.78 bits per heavy atom. The molecule has 0 aromatic heterocycles. The summed E-state index contributed by atoms with van der Waals surface area (Å²) in [4.78, 5) is 2.31. The lowest BCUT2D eigenvalue weighted by Gasteiger charge is -2.28. The van der Waals surface area contributed by atoms with Gasteiger partial charge in [-0.3, -0.25) is 0 Å². The lowest BCUT2D eigenvalue weighted by Crippen LogP contribution is -2.27. The number of anilines is 1. The molecule has 0 aliphatic heterocycles. The summed E-state index contributed by atoms with van der Waals surface area (Å²) in [7, 11) is 0. The van der Waals surface area contributed by atoms with E-state index in [0.717, 1.165) is 37.2 Å². The molecule has 2 N–H and O–H groups in total. The van der Waals surface area contributed by atoms with E-state index in [9.17, 15) is 4.39 Å². The van der Waals surface area contributed by atoms with Gasteiger partial charge in [-0.15, -0.1) is 0 Å². The Hall–Kier alpha value is -1.09. The fourth-order valence-electron chi connectivity index (χ4n) is 2.21. The summed E-state index contributed by atoms with van der Waals surface area (Å²) >= 11 is 0. The molecule has 0 spiro atoms. The van der Waals surface area contributed by atoms with Crippen LogP contribution < -0.4 is 10.6 Å². The van der Waals surface area contributed by atoms with Crippen LogP contribution in [0, 0.1) is 12.7 Å². The number of rotatable bonds is 6. The molecule has 1 rings (SSSR count). The van der Waals surface area contributed by atoms with Crippen molar-refractivity contribution in [2.24, 2.45) is 5.73 Å². The van der Waals surface area contributed by atoms with Gasteiger partial charge in [0.2, 0.25) is 0 Å². The van der Waals surface area contributed by atoms with Gasteiger partial charge in [0.05, 0.1) is 0 Å². The smallest absolute Gasteiger partial charge is 0.126 e. The monoisotopic (exact) mass is 252 g/mol. The van der Waals surface area contributed by atoms with E-state index in [0.29, 0.717) is 5.56 Å². The largest absolute Gasteiger partial charge is 0.371 e. The summed E-state index contributed by atoms with van der Waals surface area (Å²) in [6, 6.07) is 3.37. The van der Waals surface area contributed by atoms with Crippen LogP contribution in [0.3, 0.4) is 0 Å². The quantitative estimate of drug-likeness (QED) is 0.835. The lowest BCUT2D eigenvalue weighted by molar-refractivity contribution is 0.611. The average Bonchev–Trinajstić information content (AvgIpc) is 2.31. The predicted octanol–water partition coefficient (Wildman–Crippen LogP) is 3.78. The van der Waals surface area contributed by atoms with E-state index in [-0.39, 0.29) is 11.9 Å². The number of benzene rings is 1. The SMILES string of the molecule is CCCN(CCC)c1cc(C)c(F)cc1[C@H](C)N. The van der Waals surface area contributed by atoms with Gasteiger partial charge in [0, 0.05) is 24.8 Å². The van der Waals surface area contributed by atoms with Crippen LogP contribution in [-0.4, -0.2) is 13.1 Å². The highest BCUT2D eigenvalue weighted by Crippen LogP contribution is 2.28. The normalized spacial score (nSPS) is 12.6. The van der Waals surface area contributed by atoms with Gasteiger partial charge in [-0.2, -0.15) is 0 Å². The maximum atomic E-state index is 13.7. The maximum Gasteiger partial charge on any atom is 0.126 e. The summed E-state index contributed by atoms with van der Waals surface area (Å²) in [5, 5.41) is 0. The fourth-order valence-corrected chi connectivity index (χ4v) is 2.21. The molecular weight excluding hydrogens is 227 g/mol. The van der Waals surface area contributed by atoms with Gasteiger partial charge in [0.1, 0.15) is 5.82 Å². The second kappa shape index (κ2) is 6.74. The lowest BCUT2D eigenvalue weighted by atomic mass is 10.0. The Morgan fingerprint density at radius 1 is 1.22 bits per heavy atom. The van der Waals surface area contributed by atoms with E-state index in [4.69, 9.17) is 5.73 Å². The summed E-state index contributed by atoms with van der Waals surface area (Å²) in [6.07, 6.45) is 2.16. The van der Waals surface area contributed by atoms with E-state index in [1.54, 1.807) is 13.0 Å². The van der Waals surface area contributed by atoms with E-state index >= 15 is 0 Å². The van der Waals surface area contributed by atoms with E-state index < -0.39 is 0 Å². The van der Waals surface area contributed by atoms with Crippen LogP contribution in [0.2, 0.25) is 0 Å². The van der Waals surface area contributed by atoms with Crippen LogP contribution in [-0.2, 0) is 0 Å². The van der Waals surface area contributed by atoms with Crippen LogP contribution in [0.25, 0.3) is 0 Å². The molecule has 0 aliphatic carbocycles. The summed E-state index contributed by atoms with van der Waals surface area (Å²) in [5.41, 5.74) is 8.65. The van der Waals surface area contributed by atoms with Crippen molar-refractivity contribution < 1.29 is 4.39 Å². The van der Waals surface area contributed by atoms with Crippen molar-refractivity contribution in [3.05, 3.63) is 29.1 Å². The molecule has 0 fully saturated rings. The van der Waals surface area contributed by atoms with Crippen molar-refractivity contribution in [2.75, 3.05) is 18.0 Å². The molecule has 102 valence electrons. The third-order valence-electron chi connectivity index (χ3n) is 3.13. The zero-order chi connectivity index (χ0) is 13.7. The van der Waals surface area contributed by atoms with Gasteiger partial charge < -0.3 is 10.6 Å². The first-order valence-corrected chi connectivity index (χ1v) is 6.81. The van der Waals surface area contributed by atoms with Gasteiger partial charge in [-0.1, -0.05) is 13.8 Å². The third-order valence-corrected chi connectivity index (χ3v) is 3.13. The fraction of sp³-hybridized carbons (Fsp3) is 0.600. The molecule has 0 unspecified atom stereocenters. The first-order valence-electron chi connectivity index (χ1n) is 6.81. The van der Waals surface area contributed by atoms with E-state index in [1.807, 2.05) is 13.0 Å². The molecule has 1 aromatic rings. The summed E-state index contributed by atoms with van der Waals surface area (Å²) < 4.78 is 13.7. The minimum Gasteiger partial charge on any atom is -0.371 e. The Morgan fingerprint density at radius 3 is 2.22 bits per heavy atom. The molecule has 1 aromatic carbocycles. The summed E-state index contributed by atoms with van der Waals surface area (Å²) in [5.74, 6) is -0.168. The van der Waals surface area contributed by atoms with Crippen LogP contribution in [0.1, 0.15) is 50.8 Å². The first kappa shape index (κ1) is 15.0. The molecule has 0 heterocycles. The molecule has 0 bridgehead atoms. The standard InChI is InChI=1S/C15H25FN2/c1-5-7-18(8-6-2)15-9-11(3)14(16)10-13(15)12(4)17/h9-10,12H,5-8,17H2,1-4H3/t12-/m0/s1. The highest BCUT2D eigenvalue weighted by atomic mass is 19.1. The van der Waals surface area contributed by atoms with Crippen molar-refractivity contribution in [1.29, 1.82) is 0 Å². The van der Waals surface area contributed by atoms with Gasteiger partial charge >= 0.3 is 0 Å². The van der Waals surface area contributed by atoms with E-state index in [2.05, 4.69) is 18.7 Å². The second-order valence-corrected chi connectivity index (χ2v) is 4.94. The molecule has 0 saturated carbocycles. The Labute approximate surface area is 110 Å².